The first kappa shape index (κ1) is 20.5. The van der Waals surface area contributed by atoms with E-state index in [0.717, 1.165) is 53.9 Å². The number of carbonyl (C=O) groups is 1. The smallest absolute Gasteiger partial charge is 0.261 e. The number of amides is 1. The monoisotopic (exact) mass is 454 g/mol. The highest BCUT2D eigenvalue weighted by atomic mass is 32.2. The zero-order valence-electron chi connectivity index (χ0n) is 17.6. The number of aryl methyl sites for hydroxylation is 1. The number of nitrogens with one attached hydrogen (secondary N) is 1. The van der Waals surface area contributed by atoms with Crippen LogP contribution in [-0.2, 0) is 19.6 Å². The van der Waals surface area contributed by atoms with E-state index in [0.29, 0.717) is 6.54 Å². The lowest BCUT2D eigenvalue weighted by Crippen LogP contribution is -2.28. The van der Waals surface area contributed by atoms with E-state index < -0.39 is 0 Å². The lowest BCUT2D eigenvalue weighted by molar-refractivity contribution is 0.0955. The maximum atomic E-state index is 12.9. The average Bonchev–Trinajstić information content (AvgIpc) is 3.54. The van der Waals surface area contributed by atoms with E-state index in [4.69, 9.17) is 0 Å². The van der Waals surface area contributed by atoms with Crippen molar-refractivity contribution in [1.29, 1.82) is 0 Å². The molecule has 7 nitrogen and oxygen atoms in total. The van der Waals surface area contributed by atoms with Crippen LogP contribution < -0.4 is 10.2 Å². The molecule has 0 aromatic carbocycles. The summed E-state index contributed by atoms with van der Waals surface area (Å²) < 4.78 is 4.40. The number of fused-ring (bicyclic) bond motifs is 1. The number of carbonyl (C=O) groups excluding carboxylic acids is 1. The van der Waals surface area contributed by atoms with Gasteiger partial charge >= 0.3 is 0 Å². The van der Waals surface area contributed by atoms with Gasteiger partial charge in [-0.15, -0.1) is 11.3 Å². The van der Waals surface area contributed by atoms with Gasteiger partial charge in [-0.2, -0.15) is 5.10 Å². The first-order valence-electron chi connectivity index (χ1n) is 10.7. The van der Waals surface area contributed by atoms with Crippen LogP contribution in [0.5, 0.6) is 0 Å². The molecule has 3 aromatic rings. The largest absolute Gasteiger partial charge is 0.356 e. The van der Waals surface area contributed by atoms with Crippen molar-refractivity contribution in [2.24, 2.45) is 0 Å². The van der Waals surface area contributed by atoms with Gasteiger partial charge in [-0.1, -0.05) is 6.07 Å². The summed E-state index contributed by atoms with van der Waals surface area (Å²) in [4.78, 5) is 22.8. The molecule has 0 unspecified atom stereocenters. The molecule has 0 spiro atoms. The number of pyridine rings is 1. The van der Waals surface area contributed by atoms with Gasteiger partial charge in [0, 0.05) is 53.9 Å². The van der Waals surface area contributed by atoms with Crippen LogP contribution in [0.3, 0.4) is 0 Å². The summed E-state index contributed by atoms with van der Waals surface area (Å²) in [5.74, 6) is 0.983. The number of thiophene rings is 1. The zero-order valence-corrected chi connectivity index (χ0v) is 19.2. The zero-order chi connectivity index (χ0) is 21.2. The molecule has 1 amide bonds. The molecule has 5 rings (SSSR count). The molecule has 162 valence electrons. The second-order valence-corrected chi connectivity index (χ2v) is 10.3. The minimum absolute atomic E-state index is 0.0205. The van der Waals surface area contributed by atoms with Crippen LogP contribution in [0.4, 0.5) is 5.82 Å². The van der Waals surface area contributed by atoms with Gasteiger partial charge in [0.2, 0.25) is 0 Å². The summed E-state index contributed by atoms with van der Waals surface area (Å²) in [5.41, 5.74) is 2.31. The predicted octanol–water partition coefficient (Wildman–Crippen LogP) is 3.70. The summed E-state index contributed by atoms with van der Waals surface area (Å²) in [6, 6.07) is 8.09. The van der Waals surface area contributed by atoms with Crippen molar-refractivity contribution < 1.29 is 4.79 Å². The molecule has 0 bridgehead atoms. The summed E-state index contributed by atoms with van der Waals surface area (Å²) in [6.45, 7) is 7.37. The van der Waals surface area contributed by atoms with Crippen LogP contribution in [0.15, 0.2) is 41.6 Å². The molecule has 0 atom stereocenters. The summed E-state index contributed by atoms with van der Waals surface area (Å²) in [7, 11) is 0. The van der Waals surface area contributed by atoms with Gasteiger partial charge in [0.15, 0.2) is 0 Å². The van der Waals surface area contributed by atoms with Crippen LogP contribution in [-0.4, -0.2) is 44.6 Å². The number of nitrogens with zero attached hydrogens (tertiary/aromatic N) is 5. The molecular formula is C22H26N6OS2. The number of hydrogen-bond acceptors (Lipinski definition) is 7. The lowest BCUT2D eigenvalue weighted by atomic mass is 10.2. The van der Waals surface area contributed by atoms with Gasteiger partial charge in [-0.25, -0.2) is 9.29 Å². The minimum Gasteiger partial charge on any atom is -0.356 e. The molecular weight excluding hydrogens is 428 g/mol. The third-order valence-electron chi connectivity index (χ3n) is 5.74. The molecule has 31 heavy (non-hydrogen) atoms. The Morgan fingerprint density at radius 1 is 1.19 bits per heavy atom. The van der Waals surface area contributed by atoms with E-state index in [1.807, 2.05) is 24.5 Å². The van der Waals surface area contributed by atoms with Crippen LogP contribution >= 0.6 is 23.3 Å². The van der Waals surface area contributed by atoms with Gasteiger partial charge in [0.1, 0.15) is 5.82 Å². The SMILES string of the molecule is Cc1sc(C(=O)NCc2cccnc2N2CCCC2)cc1SN1CCn2nccc2C1. The fourth-order valence-electron chi connectivity index (χ4n) is 4.09. The molecule has 1 fully saturated rings. The van der Waals surface area contributed by atoms with Crippen LogP contribution in [0.25, 0.3) is 0 Å². The molecule has 0 aliphatic carbocycles. The Kier molecular flexibility index (Phi) is 5.97. The first-order valence-corrected chi connectivity index (χ1v) is 12.3. The quantitative estimate of drug-likeness (QED) is 0.573. The fourth-order valence-corrected chi connectivity index (χ4v) is 6.18. The highest BCUT2D eigenvalue weighted by Gasteiger charge is 2.21. The summed E-state index contributed by atoms with van der Waals surface area (Å²) in [6.07, 6.45) is 6.10. The standard InChI is InChI=1S/C22H26N6OS2/c1-16-19(31-27-11-12-28-18(15-27)6-8-25-28)13-20(30-16)22(29)24-14-17-5-4-7-23-21(17)26-9-2-3-10-26/h4-8,13H,2-3,9-12,14-15H2,1H3,(H,24,29). The molecule has 2 aliphatic heterocycles. The van der Waals surface area contributed by atoms with Gasteiger partial charge in [0.05, 0.1) is 23.7 Å². The van der Waals surface area contributed by atoms with Gasteiger partial charge in [-0.05, 0) is 49.9 Å². The van der Waals surface area contributed by atoms with Crippen LogP contribution in [0, 0.1) is 6.92 Å². The Balaban J connectivity index is 1.22. The van der Waals surface area contributed by atoms with Crippen molar-refractivity contribution >= 4 is 35.0 Å². The average molecular weight is 455 g/mol. The van der Waals surface area contributed by atoms with E-state index in [2.05, 4.69) is 48.3 Å². The minimum atomic E-state index is -0.0205. The molecule has 5 heterocycles. The maximum Gasteiger partial charge on any atom is 0.261 e. The number of aromatic nitrogens is 3. The first-order chi connectivity index (χ1) is 15.2. The van der Waals surface area contributed by atoms with Crippen molar-refractivity contribution in [1.82, 2.24) is 24.4 Å². The van der Waals surface area contributed by atoms with E-state index in [-0.39, 0.29) is 5.91 Å². The topological polar surface area (TPSA) is 66.3 Å². The van der Waals surface area contributed by atoms with Gasteiger partial charge in [0.25, 0.3) is 5.91 Å². The predicted molar refractivity (Wildman–Crippen MR) is 124 cm³/mol. The Morgan fingerprint density at radius 2 is 2.06 bits per heavy atom. The van der Waals surface area contributed by atoms with Crippen LogP contribution in [0.1, 0.15) is 38.6 Å². The second kappa shape index (κ2) is 9.02. The van der Waals surface area contributed by atoms with E-state index >= 15 is 0 Å². The normalized spacial score (nSPS) is 16.5. The lowest BCUT2D eigenvalue weighted by Gasteiger charge is -2.26. The van der Waals surface area contributed by atoms with E-state index in [1.165, 1.54) is 23.4 Å². The highest BCUT2D eigenvalue weighted by Crippen LogP contribution is 2.34. The highest BCUT2D eigenvalue weighted by molar-refractivity contribution is 7.97. The van der Waals surface area contributed by atoms with Crippen molar-refractivity contribution in [3.05, 3.63) is 57.7 Å². The van der Waals surface area contributed by atoms with E-state index in [9.17, 15) is 4.79 Å². The van der Waals surface area contributed by atoms with Crippen molar-refractivity contribution in [3.63, 3.8) is 0 Å². The molecule has 1 saturated heterocycles. The summed E-state index contributed by atoms with van der Waals surface area (Å²) >= 11 is 3.30. The molecule has 3 aromatic heterocycles. The van der Waals surface area contributed by atoms with Gasteiger partial charge < -0.3 is 10.2 Å². The Morgan fingerprint density at radius 3 is 2.94 bits per heavy atom. The molecule has 1 N–H and O–H groups in total. The fraction of sp³-hybridized carbons (Fsp3) is 0.409. The second-order valence-electron chi connectivity index (χ2n) is 7.89. The third kappa shape index (κ3) is 4.49. The van der Waals surface area contributed by atoms with Crippen molar-refractivity contribution in [2.45, 2.75) is 44.3 Å². The van der Waals surface area contributed by atoms with Crippen molar-refractivity contribution in [2.75, 3.05) is 24.5 Å². The Labute approximate surface area is 190 Å². The third-order valence-corrected chi connectivity index (χ3v) is 8.11. The molecule has 2 aliphatic rings. The Bertz CT molecular complexity index is 1070. The van der Waals surface area contributed by atoms with E-state index in [1.54, 1.807) is 23.3 Å². The molecule has 9 heteroatoms. The Hall–Kier alpha value is -2.36. The molecule has 0 saturated carbocycles. The van der Waals surface area contributed by atoms with Crippen molar-refractivity contribution in [3.8, 4) is 0 Å². The number of anilines is 1. The number of rotatable bonds is 6. The summed E-state index contributed by atoms with van der Waals surface area (Å²) in [5, 5.41) is 7.45. The molecule has 0 radical (unpaired) electrons. The number of hydrogen-bond donors (Lipinski definition) is 1. The maximum absolute atomic E-state index is 12.9. The van der Waals surface area contributed by atoms with Crippen LogP contribution in [0.2, 0.25) is 0 Å². The van der Waals surface area contributed by atoms with Gasteiger partial charge in [-0.3, -0.25) is 9.48 Å².